The van der Waals surface area contributed by atoms with E-state index in [1.165, 1.54) is 18.2 Å². The number of carboxylic acid groups (broad SMARTS) is 1. The minimum absolute atomic E-state index is 0.151. The van der Waals surface area contributed by atoms with Gasteiger partial charge in [0.15, 0.2) is 0 Å². The molecule has 2 N–H and O–H groups in total. The van der Waals surface area contributed by atoms with Gasteiger partial charge in [-0.25, -0.2) is 9.18 Å². The van der Waals surface area contributed by atoms with E-state index in [2.05, 4.69) is 5.32 Å². The van der Waals surface area contributed by atoms with Gasteiger partial charge in [-0.3, -0.25) is 4.79 Å². The lowest BCUT2D eigenvalue weighted by Gasteiger charge is -2.21. The van der Waals surface area contributed by atoms with E-state index in [1.807, 2.05) is 20.8 Å². The maximum absolute atomic E-state index is 13.0. The van der Waals surface area contributed by atoms with Gasteiger partial charge in [0, 0.05) is 18.6 Å². The van der Waals surface area contributed by atoms with Crippen LogP contribution in [0.2, 0.25) is 0 Å². The van der Waals surface area contributed by atoms with Crippen LogP contribution in [-0.4, -0.2) is 35.2 Å². The SMILES string of the molecule is Cc1cc(F)ccc1C(=O)NC(CCOC(C)(C)C)C(=O)O. The molecular formula is C16H22FNO4. The second kappa shape index (κ2) is 7.35. The fraction of sp³-hybridized carbons (Fsp3) is 0.500. The molecular weight excluding hydrogens is 289 g/mol. The number of carbonyl (C=O) groups excluding carboxylic acids is 1. The summed E-state index contributed by atoms with van der Waals surface area (Å²) in [6.07, 6.45) is 0.151. The van der Waals surface area contributed by atoms with Crippen molar-refractivity contribution in [1.82, 2.24) is 5.32 Å². The molecule has 0 fully saturated rings. The fourth-order valence-electron chi connectivity index (χ4n) is 1.86. The Morgan fingerprint density at radius 1 is 1.36 bits per heavy atom. The zero-order valence-corrected chi connectivity index (χ0v) is 13.3. The predicted octanol–water partition coefficient (Wildman–Crippen LogP) is 2.52. The van der Waals surface area contributed by atoms with Gasteiger partial charge in [-0.15, -0.1) is 0 Å². The van der Waals surface area contributed by atoms with Crippen molar-refractivity contribution < 1.29 is 23.8 Å². The first-order chi connectivity index (χ1) is 10.1. The molecule has 1 unspecified atom stereocenters. The van der Waals surface area contributed by atoms with E-state index >= 15 is 0 Å². The minimum Gasteiger partial charge on any atom is -0.480 e. The van der Waals surface area contributed by atoms with Gasteiger partial charge in [0.2, 0.25) is 0 Å². The molecule has 0 radical (unpaired) electrons. The van der Waals surface area contributed by atoms with Crippen LogP contribution in [-0.2, 0) is 9.53 Å². The van der Waals surface area contributed by atoms with Gasteiger partial charge in [-0.1, -0.05) is 0 Å². The number of aryl methyl sites for hydroxylation is 1. The van der Waals surface area contributed by atoms with Crippen molar-refractivity contribution in [3.63, 3.8) is 0 Å². The topological polar surface area (TPSA) is 75.6 Å². The zero-order valence-electron chi connectivity index (χ0n) is 13.3. The largest absolute Gasteiger partial charge is 0.480 e. The molecule has 0 spiro atoms. The molecule has 0 aliphatic carbocycles. The Balaban J connectivity index is 2.70. The third kappa shape index (κ3) is 5.81. The Hall–Kier alpha value is -1.95. The van der Waals surface area contributed by atoms with Crippen LogP contribution in [0.4, 0.5) is 4.39 Å². The number of aliphatic carboxylic acids is 1. The Morgan fingerprint density at radius 3 is 2.50 bits per heavy atom. The molecule has 122 valence electrons. The van der Waals surface area contributed by atoms with Crippen molar-refractivity contribution in [3.8, 4) is 0 Å². The van der Waals surface area contributed by atoms with Gasteiger partial charge in [-0.2, -0.15) is 0 Å². The maximum Gasteiger partial charge on any atom is 0.326 e. The standard InChI is InChI=1S/C16H22FNO4/c1-10-9-11(17)5-6-12(10)14(19)18-13(15(20)21)7-8-22-16(2,3)4/h5-6,9,13H,7-8H2,1-4H3,(H,18,19)(H,20,21). The van der Waals surface area contributed by atoms with Gasteiger partial charge in [0.1, 0.15) is 11.9 Å². The lowest BCUT2D eigenvalue weighted by Crippen LogP contribution is -2.42. The highest BCUT2D eigenvalue weighted by Gasteiger charge is 2.22. The molecule has 0 aliphatic rings. The molecule has 0 aromatic heterocycles. The smallest absolute Gasteiger partial charge is 0.326 e. The van der Waals surface area contributed by atoms with Crippen LogP contribution in [0.3, 0.4) is 0 Å². The third-order valence-corrected chi connectivity index (χ3v) is 2.98. The second-order valence-electron chi connectivity index (χ2n) is 6.07. The number of hydrogen-bond donors (Lipinski definition) is 2. The molecule has 0 saturated carbocycles. The summed E-state index contributed by atoms with van der Waals surface area (Å²) in [6, 6.07) is 2.68. The van der Waals surface area contributed by atoms with Crippen LogP contribution < -0.4 is 5.32 Å². The molecule has 0 heterocycles. The van der Waals surface area contributed by atoms with E-state index in [1.54, 1.807) is 6.92 Å². The van der Waals surface area contributed by atoms with E-state index in [-0.39, 0.29) is 24.2 Å². The van der Waals surface area contributed by atoms with E-state index < -0.39 is 23.7 Å². The van der Waals surface area contributed by atoms with Crippen molar-refractivity contribution in [1.29, 1.82) is 0 Å². The first-order valence-corrected chi connectivity index (χ1v) is 7.04. The van der Waals surface area contributed by atoms with Crippen LogP contribution in [0.25, 0.3) is 0 Å². The summed E-state index contributed by atoms with van der Waals surface area (Å²) in [7, 11) is 0. The Morgan fingerprint density at radius 2 is 2.00 bits per heavy atom. The average molecular weight is 311 g/mol. The number of nitrogens with one attached hydrogen (secondary N) is 1. The van der Waals surface area contributed by atoms with Crippen LogP contribution in [0.5, 0.6) is 0 Å². The van der Waals surface area contributed by atoms with Crippen molar-refractivity contribution in [2.24, 2.45) is 0 Å². The van der Waals surface area contributed by atoms with Crippen molar-refractivity contribution in [2.45, 2.75) is 45.8 Å². The number of ether oxygens (including phenoxy) is 1. The molecule has 1 aromatic carbocycles. The number of hydrogen-bond acceptors (Lipinski definition) is 3. The van der Waals surface area contributed by atoms with Crippen LogP contribution in [0.1, 0.15) is 43.1 Å². The van der Waals surface area contributed by atoms with Crippen LogP contribution >= 0.6 is 0 Å². The molecule has 6 heteroatoms. The van der Waals surface area contributed by atoms with E-state index in [0.29, 0.717) is 5.56 Å². The van der Waals surface area contributed by atoms with E-state index in [0.717, 1.165) is 0 Å². The highest BCUT2D eigenvalue weighted by atomic mass is 19.1. The summed E-state index contributed by atoms with van der Waals surface area (Å²) in [5.74, 6) is -2.12. The lowest BCUT2D eigenvalue weighted by atomic mass is 10.1. The molecule has 1 rings (SSSR count). The van der Waals surface area contributed by atoms with Crippen LogP contribution in [0, 0.1) is 12.7 Å². The molecule has 1 aromatic rings. The summed E-state index contributed by atoms with van der Waals surface area (Å²) in [4.78, 5) is 23.3. The summed E-state index contributed by atoms with van der Waals surface area (Å²) in [5.41, 5.74) is 0.331. The summed E-state index contributed by atoms with van der Waals surface area (Å²) in [6.45, 7) is 7.40. The number of benzene rings is 1. The molecule has 1 amide bonds. The third-order valence-electron chi connectivity index (χ3n) is 2.98. The van der Waals surface area contributed by atoms with E-state index in [9.17, 15) is 19.1 Å². The molecule has 1 atom stereocenters. The zero-order chi connectivity index (χ0) is 16.9. The summed E-state index contributed by atoms with van der Waals surface area (Å²) in [5, 5.41) is 11.6. The molecule has 0 saturated heterocycles. The molecule has 0 bridgehead atoms. The highest BCUT2D eigenvalue weighted by molar-refractivity contribution is 5.97. The second-order valence-corrected chi connectivity index (χ2v) is 6.07. The Kier molecular flexibility index (Phi) is 6.05. The van der Waals surface area contributed by atoms with Gasteiger partial charge < -0.3 is 15.2 Å². The number of amides is 1. The molecule has 22 heavy (non-hydrogen) atoms. The van der Waals surface area contributed by atoms with E-state index in [4.69, 9.17) is 4.74 Å². The highest BCUT2D eigenvalue weighted by Crippen LogP contribution is 2.11. The number of carboxylic acids is 1. The molecule has 5 nitrogen and oxygen atoms in total. The lowest BCUT2D eigenvalue weighted by molar-refractivity contribution is -0.140. The number of carbonyl (C=O) groups is 2. The fourth-order valence-corrected chi connectivity index (χ4v) is 1.86. The summed E-state index contributed by atoms with van der Waals surface area (Å²) >= 11 is 0. The first-order valence-electron chi connectivity index (χ1n) is 7.04. The monoisotopic (exact) mass is 311 g/mol. The normalized spacial score (nSPS) is 12.8. The Labute approximate surface area is 129 Å². The van der Waals surface area contributed by atoms with Gasteiger partial charge in [0.05, 0.1) is 5.60 Å². The first kappa shape index (κ1) is 18.1. The van der Waals surface area contributed by atoms with Crippen molar-refractivity contribution in [3.05, 3.63) is 35.1 Å². The number of rotatable bonds is 6. The van der Waals surface area contributed by atoms with Crippen molar-refractivity contribution >= 4 is 11.9 Å². The minimum atomic E-state index is -1.13. The summed E-state index contributed by atoms with van der Waals surface area (Å²) < 4.78 is 18.5. The average Bonchev–Trinajstić information content (AvgIpc) is 2.35. The van der Waals surface area contributed by atoms with Crippen LogP contribution in [0.15, 0.2) is 18.2 Å². The van der Waals surface area contributed by atoms with Gasteiger partial charge >= 0.3 is 5.97 Å². The predicted molar refractivity (Wildman–Crippen MR) is 80.3 cm³/mol. The molecule has 0 aliphatic heterocycles. The quantitative estimate of drug-likeness (QED) is 0.846. The number of halogens is 1. The van der Waals surface area contributed by atoms with Crippen molar-refractivity contribution in [2.75, 3.05) is 6.61 Å². The maximum atomic E-state index is 13.0. The Bertz CT molecular complexity index is 552. The van der Waals surface area contributed by atoms with Gasteiger partial charge in [0.25, 0.3) is 5.91 Å². The van der Waals surface area contributed by atoms with Gasteiger partial charge in [-0.05, 0) is 51.5 Å².